The fraction of sp³-hybridized carbons (Fsp3) is 0.833. The quantitative estimate of drug-likeness (QED) is 0.466. The topological polar surface area (TPSA) is 80.7 Å². The van der Waals surface area contributed by atoms with Gasteiger partial charge in [0.2, 0.25) is 0 Å². The molecular weight excluding hydrogens is 296 g/mol. The second-order valence-corrected chi connectivity index (χ2v) is 6.51. The second kappa shape index (κ2) is 10.5. The molecule has 1 saturated carbocycles. The van der Waals surface area contributed by atoms with E-state index >= 15 is 0 Å². The maximum Gasteiger partial charge on any atom is 0.305 e. The van der Waals surface area contributed by atoms with Crippen molar-refractivity contribution >= 4 is 17.5 Å². The van der Waals surface area contributed by atoms with E-state index in [2.05, 4.69) is 0 Å². The van der Waals surface area contributed by atoms with Crippen molar-refractivity contribution in [1.82, 2.24) is 0 Å². The first-order chi connectivity index (χ1) is 11.0. The number of aliphatic hydroxyl groups is 1. The molecule has 3 atom stereocenters. The van der Waals surface area contributed by atoms with Crippen LogP contribution < -0.4 is 0 Å². The third kappa shape index (κ3) is 7.25. The van der Waals surface area contributed by atoms with Crippen LogP contribution >= 0.6 is 0 Å². The van der Waals surface area contributed by atoms with E-state index in [1.807, 2.05) is 0 Å². The van der Waals surface area contributed by atoms with Gasteiger partial charge in [-0.25, -0.2) is 0 Å². The van der Waals surface area contributed by atoms with Gasteiger partial charge >= 0.3 is 5.97 Å². The van der Waals surface area contributed by atoms with Gasteiger partial charge in [0.25, 0.3) is 0 Å². The summed E-state index contributed by atoms with van der Waals surface area (Å²) in [5.74, 6) is -0.0712. The van der Waals surface area contributed by atoms with Gasteiger partial charge in [-0.1, -0.05) is 19.3 Å². The number of ketones is 2. The lowest BCUT2D eigenvalue weighted by Gasteiger charge is -2.20. The monoisotopic (exact) mass is 326 g/mol. The Hall–Kier alpha value is -1.23. The Kier molecular flexibility index (Phi) is 9.07. The van der Waals surface area contributed by atoms with E-state index in [0.29, 0.717) is 25.9 Å². The summed E-state index contributed by atoms with van der Waals surface area (Å²) in [6.07, 6.45) is 5.57. The molecule has 0 amide bonds. The number of ether oxygens (including phenoxy) is 1. The Labute approximate surface area is 138 Å². The molecule has 132 valence electrons. The lowest BCUT2D eigenvalue weighted by molar-refractivity contribution is -0.143. The van der Waals surface area contributed by atoms with E-state index in [1.165, 1.54) is 0 Å². The predicted octanol–water partition coefficient (Wildman–Crippen LogP) is 2.83. The first-order valence-electron chi connectivity index (χ1n) is 8.81. The molecule has 1 N–H and O–H groups in total. The van der Waals surface area contributed by atoms with Crippen molar-refractivity contribution in [3.05, 3.63) is 0 Å². The van der Waals surface area contributed by atoms with Crippen molar-refractivity contribution in [2.45, 2.75) is 77.7 Å². The van der Waals surface area contributed by atoms with E-state index in [-0.39, 0.29) is 35.8 Å². The standard InChI is InChI=1S/C18H30O5/c1-3-23-18(22)9-7-5-4-6-8-14-15(11-10-13(2)19)17(21)12-16(14)20/h14-15,17,21H,3-12H2,1-2H3/t14-,15+,17+/m0/s1. The predicted molar refractivity (Wildman–Crippen MR) is 86.9 cm³/mol. The molecule has 0 radical (unpaired) electrons. The molecule has 0 aliphatic heterocycles. The molecule has 0 spiro atoms. The zero-order valence-electron chi connectivity index (χ0n) is 14.4. The summed E-state index contributed by atoms with van der Waals surface area (Å²) >= 11 is 0. The minimum atomic E-state index is -0.587. The molecule has 23 heavy (non-hydrogen) atoms. The van der Waals surface area contributed by atoms with Crippen molar-refractivity contribution in [1.29, 1.82) is 0 Å². The van der Waals surface area contributed by atoms with Crippen LogP contribution in [0, 0.1) is 11.8 Å². The zero-order valence-corrected chi connectivity index (χ0v) is 14.4. The van der Waals surface area contributed by atoms with Crippen molar-refractivity contribution in [2.75, 3.05) is 6.61 Å². The molecule has 0 heterocycles. The van der Waals surface area contributed by atoms with Crippen LogP contribution in [0.1, 0.15) is 71.6 Å². The van der Waals surface area contributed by atoms with Crippen LogP contribution in [0.25, 0.3) is 0 Å². The van der Waals surface area contributed by atoms with Gasteiger partial charge in [-0.2, -0.15) is 0 Å². The molecule has 1 aliphatic rings. The molecule has 0 aromatic rings. The van der Waals surface area contributed by atoms with Crippen molar-refractivity contribution in [3.8, 4) is 0 Å². The Morgan fingerprint density at radius 2 is 1.83 bits per heavy atom. The molecule has 1 aliphatic carbocycles. The van der Waals surface area contributed by atoms with Gasteiger partial charge in [0.1, 0.15) is 11.6 Å². The van der Waals surface area contributed by atoms with Crippen molar-refractivity contribution in [2.24, 2.45) is 11.8 Å². The number of rotatable bonds is 11. The highest BCUT2D eigenvalue weighted by atomic mass is 16.5. The molecule has 1 fully saturated rings. The summed E-state index contributed by atoms with van der Waals surface area (Å²) < 4.78 is 4.88. The number of carbonyl (C=O) groups excluding carboxylic acids is 3. The molecule has 5 nitrogen and oxygen atoms in total. The molecule has 0 saturated heterocycles. The summed E-state index contributed by atoms with van der Waals surface area (Å²) in [5, 5.41) is 10.0. The van der Waals surface area contributed by atoms with Gasteiger partial charge in [-0.05, 0) is 39.0 Å². The third-order valence-corrected chi connectivity index (χ3v) is 4.62. The SMILES string of the molecule is CCOC(=O)CCCCCC[C@@H]1C(=O)C[C@@H](O)[C@@H]1CCC(C)=O. The fourth-order valence-electron chi connectivity index (χ4n) is 3.37. The van der Waals surface area contributed by atoms with Gasteiger partial charge in [-0.3, -0.25) is 9.59 Å². The molecule has 1 rings (SSSR count). The van der Waals surface area contributed by atoms with E-state index in [4.69, 9.17) is 4.74 Å². The maximum atomic E-state index is 12.0. The smallest absolute Gasteiger partial charge is 0.305 e. The van der Waals surface area contributed by atoms with Crippen LogP contribution in [0.15, 0.2) is 0 Å². The van der Waals surface area contributed by atoms with E-state index in [0.717, 1.165) is 32.1 Å². The van der Waals surface area contributed by atoms with Crippen LogP contribution in [0.2, 0.25) is 0 Å². The number of hydrogen-bond acceptors (Lipinski definition) is 5. The molecule has 5 heteroatoms. The normalized spacial score (nSPS) is 24.0. The second-order valence-electron chi connectivity index (χ2n) is 6.51. The Balaban J connectivity index is 2.24. The van der Waals surface area contributed by atoms with Gasteiger partial charge in [0.15, 0.2) is 0 Å². The third-order valence-electron chi connectivity index (χ3n) is 4.62. The van der Waals surface area contributed by atoms with E-state index in [9.17, 15) is 19.5 Å². The van der Waals surface area contributed by atoms with Crippen LogP contribution in [0.5, 0.6) is 0 Å². The fourth-order valence-corrected chi connectivity index (χ4v) is 3.37. The molecule has 0 aromatic carbocycles. The largest absolute Gasteiger partial charge is 0.466 e. The lowest BCUT2D eigenvalue weighted by Crippen LogP contribution is -2.21. The highest BCUT2D eigenvalue weighted by molar-refractivity contribution is 5.84. The summed E-state index contributed by atoms with van der Waals surface area (Å²) in [5.41, 5.74) is 0. The zero-order chi connectivity index (χ0) is 17.2. The van der Waals surface area contributed by atoms with Gasteiger partial charge < -0.3 is 14.6 Å². The maximum absolute atomic E-state index is 12.0. The minimum Gasteiger partial charge on any atom is -0.466 e. The van der Waals surface area contributed by atoms with Crippen LogP contribution in [-0.4, -0.2) is 35.4 Å². The Morgan fingerprint density at radius 3 is 2.48 bits per heavy atom. The number of carbonyl (C=O) groups is 3. The lowest BCUT2D eigenvalue weighted by atomic mass is 9.85. The molecule has 0 aromatic heterocycles. The number of aliphatic hydroxyl groups excluding tert-OH is 1. The summed E-state index contributed by atoms with van der Waals surface area (Å²) in [6.45, 7) is 3.77. The number of Topliss-reactive ketones (excluding diaryl/α,β-unsaturated/α-hetero) is 2. The molecule has 0 unspecified atom stereocenters. The highest BCUT2D eigenvalue weighted by Gasteiger charge is 2.40. The average Bonchev–Trinajstić information content (AvgIpc) is 2.74. The summed E-state index contributed by atoms with van der Waals surface area (Å²) in [4.78, 5) is 34.4. The number of unbranched alkanes of at least 4 members (excludes halogenated alkanes) is 3. The van der Waals surface area contributed by atoms with E-state index < -0.39 is 6.10 Å². The first-order valence-corrected chi connectivity index (χ1v) is 8.81. The van der Waals surface area contributed by atoms with Crippen LogP contribution in [0.4, 0.5) is 0 Å². The molecular formula is C18H30O5. The van der Waals surface area contributed by atoms with Crippen LogP contribution in [0.3, 0.4) is 0 Å². The van der Waals surface area contributed by atoms with Gasteiger partial charge in [-0.15, -0.1) is 0 Å². The minimum absolute atomic E-state index is 0.0640. The van der Waals surface area contributed by atoms with Crippen LogP contribution in [-0.2, 0) is 19.1 Å². The number of hydrogen-bond donors (Lipinski definition) is 1. The highest BCUT2D eigenvalue weighted by Crippen LogP contribution is 2.36. The van der Waals surface area contributed by atoms with E-state index in [1.54, 1.807) is 13.8 Å². The van der Waals surface area contributed by atoms with Gasteiger partial charge in [0, 0.05) is 25.2 Å². The summed E-state index contributed by atoms with van der Waals surface area (Å²) in [6, 6.07) is 0. The summed E-state index contributed by atoms with van der Waals surface area (Å²) in [7, 11) is 0. The number of esters is 1. The Morgan fingerprint density at radius 1 is 1.13 bits per heavy atom. The van der Waals surface area contributed by atoms with Crippen molar-refractivity contribution in [3.63, 3.8) is 0 Å². The first kappa shape index (κ1) is 19.8. The average molecular weight is 326 g/mol. The van der Waals surface area contributed by atoms with Gasteiger partial charge in [0.05, 0.1) is 12.7 Å². The Bertz CT molecular complexity index is 404. The molecule has 0 bridgehead atoms. The van der Waals surface area contributed by atoms with Crippen molar-refractivity contribution < 1.29 is 24.2 Å².